The first-order valence-corrected chi connectivity index (χ1v) is 2.47. The molecule has 0 radical (unpaired) electrons. The number of rotatable bonds is 1. The maximum absolute atomic E-state index is 3.67. The van der Waals surface area contributed by atoms with Crippen LogP contribution >= 0.6 is 0 Å². The second-order valence-corrected chi connectivity index (χ2v) is 2.11. The number of hydrogen-bond acceptors (Lipinski definition) is 0. The second kappa shape index (κ2) is 1.25. The predicted octanol–water partition coefficient (Wildman–Crippen LogP) is -0.869. The summed E-state index contributed by atoms with van der Waals surface area (Å²) in [6, 6.07) is 0. The van der Waals surface area contributed by atoms with Gasteiger partial charge >= 0.3 is 39.5 Å². The zero-order valence-corrected chi connectivity index (χ0v) is 4.15. The fourth-order valence-electron chi connectivity index (χ4n) is 0.679. The summed E-state index contributed by atoms with van der Waals surface area (Å²) in [5, 5.41) is 0. The van der Waals surface area contributed by atoms with Gasteiger partial charge in [-0.15, -0.1) is 0 Å². The molecule has 0 saturated heterocycles. The van der Waals surface area contributed by atoms with Crippen molar-refractivity contribution < 1.29 is 0 Å². The molecule has 0 aromatic carbocycles. The molecule has 0 N–H and O–H groups in total. The first-order valence-electron chi connectivity index (χ1n) is 2.47. The van der Waals surface area contributed by atoms with Crippen molar-refractivity contribution in [3.05, 3.63) is 0 Å². The van der Waals surface area contributed by atoms with Gasteiger partial charge in [-0.2, -0.15) is 0 Å². The zero-order valence-electron chi connectivity index (χ0n) is 4.15. The van der Waals surface area contributed by atoms with E-state index < -0.39 is 0 Å². The molecule has 0 amide bonds. The fourth-order valence-corrected chi connectivity index (χ4v) is 0.679. The van der Waals surface area contributed by atoms with Gasteiger partial charge in [0.1, 0.15) is 0 Å². The minimum absolute atomic E-state index is 0.866. The standard InChI is InChI=1S/C4H8B2/c5-2-3-1-4(3)6/h2-5H,1,6H2/t3?,4-/m1/s1. The predicted molar refractivity (Wildman–Crippen MR) is 33.6 cm³/mol. The van der Waals surface area contributed by atoms with E-state index in [2.05, 4.69) is 15.3 Å². The summed E-state index contributed by atoms with van der Waals surface area (Å²) < 4.78 is 0. The van der Waals surface area contributed by atoms with Gasteiger partial charge in [0.2, 0.25) is 0 Å². The van der Waals surface area contributed by atoms with E-state index in [9.17, 15) is 0 Å². The maximum atomic E-state index is 3.67. The topological polar surface area (TPSA) is 0 Å². The summed E-state index contributed by atoms with van der Waals surface area (Å²) >= 11 is 0. The Labute approximate surface area is 40.4 Å². The van der Waals surface area contributed by atoms with Gasteiger partial charge in [0, 0.05) is 0 Å². The Morgan fingerprint density at radius 1 is 1.83 bits per heavy atom. The van der Waals surface area contributed by atoms with E-state index >= 15 is 0 Å². The van der Waals surface area contributed by atoms with E-state index in [4.69, 9.17) is 0 Å². The van der Waals surface area contributed by atoms with Crippen LogP contribution in [0.1, 0.15) is 6.42 Å². The van der Waals surface area contributed by atoms with Gasteiger partial charge in [0.15, 0.2) is 0 Å². The van der Waals surface area contributed by atoms with Crippen molar-refractivity contribution in [3.63, 3.8) is 0 Å². The first kappa shape index (κ1) is 4.17. The zero-order chi connectivity index (χ0) is 4.57. The molecule has 1 aliphatic carbocycles. The van der Waals surface area contributed by atoms with Crippen LogP contribution in [0.2, 0.25) is 5.82 Å². The molecule has 0 aromatic heterocycles. The molecule has 0 spiro atoms. The summed E-state index contributed by atoms with van der Waals surface area (Å²) in [5.41, 5.74) is 0. The van der Waals surface area contributed by atoms with Crippen molar-refractivity contribution in [1.29, 1.82) is 0 Å². The van der Waals surface area contributed by atoms with Crippen molar-refractivity contribution in [2.45, 2.75) is 12.2 Å². The third kappa shape index (κ3) is 0.562. The van der Waals surface area contributed by atoms with Crippen LogP contribution in [0, 0.1) is 5.92 Å². The Balaban J connectivity index is 2.25. The Bertz CT molecular complexity index is 69.9. The van der Waals surface area contributed by atoms with Gasteiger partial charge < -0.3 is 0 Å². The molecule has 0 aromatic rings. The van der Waals surface area contributed by atoms with Crippen molar-refractivity contribution in [2.75, 3.05) is 0 Å². The van der Waals surface area contributed by atoms with E-state index in [0.29, 0.717) is 0 Å². The summed E-state index contributed by atoms with van der Waals surface area (Å²) in [5.74, 6) is 3.86. The molecular weight excluding hydrogens is 69.7 g/mol. The van der Waals surface area contributed by atoms with Gasteiger partial charge in [-0.05, 0) is 0 Å². The molecule has 0 aliphatic heterocycles. The van der Waals surface area contributed by atoms with Crippen LogP contribution in [0.25, 0.3) is 0 Å². The van der Waals surface area contributed by atoms with Gasteiger partial charge in [0.25, 0.3) is 0 Å². The summed E-state index contributed by atoms with van der Waals surface area (Å²) in [6.07, 6.45) is 1.38. The normalized spacial score (nSPS) is 41.8. The third-order valence-corrected chi connectivity index (χ3v) is 1.47. The molecule has 30 valence electrons. The van der Waals surface area contributed by atoms with E-state index in [0.717, 1.165) is 11.7 Å². The molecule has 0 heterocycles. The van der Waals surface area contributed by atoms with Crippen LogP contribution in [0.5, 0.6) is 0 Å². The molecule has 0 bridgehead atoms. The van der Waals surface area contributed by atoms with E-state index in [1.54, 1.807) is 0 Å². The van der Waals surface area contributed by atoms with Crippen molar-refractivity contribution >= 4 is 21.3 Å². The van der Waals surface area contributed by atoms with E-state index in [1.165, 1.54) is 6.42 Å². The van der Waals surface area contributed by atoms with Crippen LogP contribution < -0.4 is 0 Å². The van der Waals surface area contributed by atoms with Gasteiger partial charge in [-0.1, -0.05) is 0 Å². The Hall–Kier alpha value is -0.000130. The van der Waals surface area contributed by atoms with Crippen LogP contribution in [0.3, 0.4) is 0 Å². The van der Waals surface area contributed by atoms with Gasteiger partial charge in [0.05, 0.1) is 0 Å². The third-order valence-electron chi connectivity index (χ3n) is 1.47. The summed E-state index contributed by atoms with van der Waals surface area (Å²) in [7, 11) is 5.93. The second-order valence-electron chi connectivity index (χ2n) is 2.11. The van der Waals surface area contributed by atoms with Crippen LogP contribution in [-0.2, 0) is 0 Å². The quantitative estimate of drug-likeness (QED) is 0.357. The SMILES string of the molecule is B=CC1C[C@H]1B. The van der Waals surface area contributed by atoms with Gasteiger partial charge in [-0.25, -0.2) is 0 Å². The van der Waals surface area contributed by atoms with Crippen molar-refractivity contribution in [3.8, 4) is 0 Å². The monoisotopic (exact) mass is 78.1 g/mol. The summed E-state index contributed by atoms with van der Waals surface area (Å²) in [6.45, 7) is 0. The average molecular weight is 77.7 g/mol. The average Bonchev–Trinajstić information content (AvgIpc) is 2.19. The Morgan fingerprint density at radius 3 is 2.33 bits per heavy atom. The van der Waals surface area contributed by atoms with Crippen LogP contribution in [0.4, 0.5) is 0 Å². The molecule has 2 heteroatoms. The summed E-state index contributed by atoms with van der Waals surface area (Å²) in [4.78, 5) is 0. The van der Waals surface area contributed by atoms with Gasteiger partial charge in [-0.3, -0.25) is 0 Å². The molecule has 1 unspecified atom stereocenters. The molecule has 1 rings (SSSR count). The van der Waals surface area contributed by atoms with Crippen molar-refractivity contribution in [2.24, 2.45) is 5.92 Å². The molecule has 6 heavy (non-hydrogen) atoms. The Morgan fingerprint density at radius 2 is 2.33 bits per heavy atom. The van der Waals surface area contributed by atoms with E-state index in [-0.39, 0.29) is 0 Å². The molecule has 0 nitrogen and oxygen atoms in total. The molecular formula is C4H8B2. The minimum atomic E-state index is 0.866. The molecule has 1 fully saturated rings. The van der Waals surface area contributed by atoms with Crippen LogP contribution in [0.15, 0.2) is 0 Å². The fraction of sp³-hybridized carbons (Fsp3) is 0.750. The Kier molecular flexibility index (Phi) is 0.868. The van der Waals surface area contributed by atoms with Crippen molar-refractivity contribution in [1.82, 2.24) is 0 Å². The first-order chi connectivity index (χ1) is 2.84. The molecule has 2 atom stereocenters. The van der Waals surface area contributed by atoms with Crippen LogP contribution in [-0.4, -0.2) is 21.3 Å². The number of hydrogen-bond donors (Lipinski definition) is 0. The molecule has 1 saturated carbocycles. The molecule has 1 aliphatic rings. The van der Waals surface area contributed by atoms with E-state index in [1.807, 2.05) is 5.97 Å².